The van der Waals surface area contributed by atoms with Gasteiger partial charge in [-0.25, -0.2) is 23.1 Å². The predicted octanol–water partition coefficient (Wildman–Crippen LogP) is 3.86. The third-order valence-corrected chi connectivity index (χ3v) is 6.40. The third kappa shape index (κ3) is 4.25. The largest absolute Gasteiger partial charge is 0.380 e. The summed E-state index contributed by atoms with van der Waals surface area (Å²) < 4.78 is 41.5. The second kappa shape index (κ2) is 8.90. The Morgan fingerprint density at radius 1 is 1.06 bits per heavy atom. The zero-order valence-corrected chi connectivity index (χ0v) is 18.4. The van der Waals surface area contributed by atoms with E-state index in [9.17, 15) is 22.8 Å². The first-order chi connectivity index (χ1) is 16.8. The van der Waals surface area contributed by atoms with E-state index in [1.165, 1.54) is 12.3 Å². The summed E-state index contributed by atoms with van der Waals surface area (Å²) in [6.45, 7) is -0.432. The van der Waals surface area contributed by atoms with Crippen molar-refractivity contribution >= 4 is 34.8 Å². The number of carbonyl (C=O) groups is 2. The number of fused-ring (bicyclic) bond motifs is 2. The lowest BCUT2D eigenvalue weighted by Gasteiger charge is -2.26. The molecule has 8 nitrogen and oxygen atoms in total. The van der Waals surface area contributed by atoms with Crippen LogP contribution in [0.1, 0.15) is 35.2 Å². The molecular formula is C24H21F3N6O2. The number of primary amides is 1. The quantitative estimate of drug-likeness (QED) is 0.441. The molecule has 1 aliphatic heterocycles. The normalized spacial score (nSPS) is 18.7. The molecule has 4 N–H and O–H groups in total. The molecule has 35 heavy (non-hydrogen) atoms. The van der Waals surface area contributed by atoms with Crippen LogP contribution in [0.15, 0.2) is 42.7 Å². The molecule has 1 saturated carbocycles. The van der Waals surface area contributed by atoms with Gasteiger partial charge < -0.3 is 21.3 Å². The highest BCUT2D eigenvalue weighted by Crippen LogP contribution is 2.41. The average Bonchev–Trinajstić information content (AvgIpc) is 3.44. The van der Waals surface area contributed by atoms with E-state index in [1.807, 2.05) is 0 Å². The smallest absolute Gasteiger partial charge is 0.252 e. The minimum absolute atomic E-state index is 0.0151. The number of piperidine rings is 1. The fourth-order valence-electron chi connectivity index (χ4n) is 4.65. The first kappa shape index (κ1) is 22.6. The van der Waals surface area contributed by atoms with E-state index in [4.69, 9.17) is 5.73 Å². The molecule has 5 rings (SSSR count). The molecule has 1 aromatic carbocycles. The van der Waals surface area contributed by atoms with Crippen LogP contribution in [0.4, 0.5) is 36.2 Å². The van der Waals surface area contributed by atoms with Crippen LogP contribution < -0.4 is 21.3 Å². The first-order valence-electron chi connectivity index (χ1n) is 11.0. The van der Waals surface area contributed by atoms with E-state index in [-0.39, 0.29) is 34.9 Å². The second-order valence-corrected chi connectivity index (χ2v) is 8.55. The van der Waals surface area contributed by atoms with Gasteiger partial charge in [0.2, 0.25) is 5.91 Å². The molecule has 2 atom stereocenters. The summed E-state index contributed by atoms with van der Waals surface area (Å²) in [5, 5.41) is 5.70. The molecule has 0 spiro atoms. The molecule has 2 fully saturated rings. The Bertz CT molecular complexity index is 1320. The van der Waals surface area contributed by atoms with Crippen LogP contribution in [0.25, 0.3) is 0 Å². The number of nitrogens with zero attached hydrogens (tertiary/aromatic N) is 3. The predicted molar refractivity (Wildman–Crippen MR) is 123 cm³/mol. The van der Waals surface area contributed by atoms with Gasteiger partial charge in [-0.15, -0.1) is 0 Å². The third-order valence-electron chi connectivity index (χ3n) is 6.40. The van der Waals surface area contributed by atoms with Crippen LogP contribution in [0.5, 0.6) is 0 Å². The number of rotatable bonds is 7. The minimum Gasteiger partial charge on any atom is -0.380 e. The molecule has 180 valence electrons. The summed E-state index contributed by atoms with van der Waals surface area (Å²) in [6.07, 6.45) is 5.63. The first-order valence-corrected chi connectivity index (χ1v) is 11.0. The number of pyridine rings is 2. The maximum atomic E-state index is 14.0. The van der Waals surface area contributed by atoms with Crippen LogP contribution in [0, 0.1) is 23.4 Å². The number of amides is 2. The van der Waals surface area contributed by atoms with E-state index >= 15 is 0 Å². The molecule has 2 bridgehead atoms. The fourth-order valence-corrected chi connectivity index (χ4v) is 4.65. The molecule has 2 amide bonds. The highest BCUT2D eigenvalue weighted by Gasteiger charge is 2.45. The summed E-state index contributed by atoms with van der Waals surface area (Å²) in [5.41, 5.74) is 5.73. The Morgan fingerprint density at radius 3 is 2.51 bits per heavy atom. The molecule has 2 aromatic heterocycles. The lowest BCUT2D eigenvalue weighted by Crippen LogP contribution is -2.36. The van der Waals surface area contributed by atoms with Gasteiger partial charge in [-0.2, -0.15) is 0 Å². The number of hydrogen-bond acceptors (Lipinski definition) is 6. The van der Waals surface area contributed by atoms with Crippen LogP contribution >= 0.6 is 0 Å². The Labute approximate surface area is 198 Å². The number of nitrogens with two attached hydrogens (primary N) is 1. The highest BCUT2D eigenvalue weighted by atomic mass is 19.2. The Hall–Kier alpha value is -4.15. The van der Waals surface area contributed by atoms with Gasteiger partial charge in [0.1, 0.15) is 17.5 Å². The molecule has 0 unspecified atom stereocenters. The number of anilines is 4. The average molecular weight is 482 g/mol. The van der Waals surface area contributed by atoms with Crippen molar-refractivity contribution in [2.75, 3.05) is 15.5 Å². The zero-order valence-electron chi connectivity index (χ0n) is 18.4. The zero-order chi connectivity index (χ0) is 24.7. The van der Waals surface area contributed by atoms with Crippen molar-refractivity contribution in [2.24, 2.45) is 11.7 Å². The van der Waals surface area contributed by atoms with Crippen LogP contribution in [0.2, 0.25) is 0 Å². The van der Waals surface area contributed by atoms with Gasteiger partial charge in [0.25, 0.3) is 5.91 Å². The van der Waals surface area contributed by atoms with Crippen molar-refractivity contribution in [3.63, 3.8) is 0 Å². The molecule has 1 saturated heterocycles. The summed E-state index contributed by atoms with van der Waals surface area (Å²) in [6, 6.07) is 6.65. The summed E-state index contributed by atoms with van der Waals surface area (Å²) in [4.78, 5) is 34.6. The van der Waals surface area contributed by atoms with Crippen molar-refractivity contribution in [1.29, 1.82) is 0 Å². The maximum absolute atomic E-state index is 14.0. The fraction of sp³-hybridized carbons (Fsp3) is 0.250. The maximum Gasteiger partial charge on any atom is 0.252 e. The van der Waals surface area contributed by atoms with Gasteiger partial charge in [0.15, 0.2) is 11.6 Å². The van der Waals surface area contributed by atoms with Crippen LogP contribution in [-0.2, 0) is 11.3 Å². The van der Waals surface area contributed by atoms with Crippen molar-refractivity contribution in [3.8, 4) is 0 Å². The van der Waals surface area contributed by atoms with Gasteiger partial charge in [-0.1, -0.05) is 0 Å². The van der Waals surface area contributed by atoms with E-state index in [0.717, 1.165) is 31.0 Å². The Morgan fingerprint density at radius 2 is 1.83 bits per heavy atom. The Kier molecular flexibility index (Phi) is 5.75. The SMILES string of the molecule is NC(=O)c1cnc(Nc2ccc(N3C(=O)[C@H]4CC[C@@H]3C4)cn2)cc1NCc1c(F)ccc(F)c1F. The topological polar surface area (TPSA) is 113 Å². The van der Waals surface area contributed by atoms with E-state index in [2.05, 4.69) is 20.6 Å². The van der Waals surface area contributed by atoms with Crippen LogP contribution in [-0.4, -0.2) is 27.8 Å². The lowest BCUT2D eigenvalue weighted by atomic mass is 10.1. The number of benzene rings is 1. The van der Waals surface area contributed by atoms with Gasteiger partial charge in [-0.05, 0) is 43.5 Å². The number of hydrogen-bond donors (Lipinski definition) is 3. The molecule has 3 heterocycles. The lowest BCUT2D eigenvalue weighted by molar-refractivity contribution is -0.121. The molecule has 0 radical (unpaired) electrons. The van der Waals surface area contributed by atoms with Crippen molar-refractivity contribution in [2.45, 2.75) is 31.8 Å². The molecule has 11 heteroatoms. The number of aromatic nitrogens is 2. The van der Waals surface area contributed by atoms with Crippen molar-refractivity contribution in [1.82, 2.24) is 9.97 Å². The van der Waals surface area contributed by atoms with E-state index < -0.39 is 35.5 Å². The summed E-state index contributed by atoms with van der Waals surface area (Å²) in [7, 11) is 0. The molecular weight excluding hydrogens is 461 g/mol. The van der Waals surface area contributed by atoms with Crippen LogP contribution in [0.3, 0.4) is 0 Å². The Balaban J connectivity index is 1.34. The number of nitrogens with one attached hydrogen (secondary N) is 2. The van der Waals surface area contributed by atoms with Gasteiger partial charge >= 0.3 is 0 Å². The van der Waals surface area contributed by atoms with Gasteiger partial charge in [0, 0.05) is 36.3 Å². The van der Waals surface area contributed by atoms with E-state index in [0.29, 0.717) is 11.9 Å². The standard InChI is InChI=1S/C24H21F3N6O2/c25-17-4-5-18(26)22(27)15(17)10-29-19-8-21(31-11-16(19)23(28)34)32-20-6-3-14(9-30-20)33-13-2-1-12(7-13)24(33)35/h3-6,8-9,11-13H,1-2,7,10H2,(H2,28,34)(H2,29,30,31,32)/t12-,13+/m0/s1. The summed E-state index contributed by atoms with van der Waals surface area (Å²) >= 11 is 0. The number of halogens is 3. The second-order valence-electron chi connectivity index (χ2n) is 8.55. The van der Waals surface area contributed by atoms with Crippen molar-refractivity contribution in [3.05, 3.63) is 71.3 Å². The molecule has 2 aliphatic rings. The molecule has 1 aliphatic carbocycles. The number of carbonyl (C=O) groups excluding carboxylic acids is 2. The summed E-state index contributed by atoms with van der Waals surface area (Å²) in [5.74, 6) is -3.31. The monoisotopic (exact) mass is 482 g/mol. The highest BCUT2D eigenvalue weighted by molar-refractivity contribution is 5.99. The minimum atomic E-state index is -1.32. The van der Waals surface area contributed by atoms with Gasteiger partial charge in [-0.3, -0.25) is 9.59 Å². The van der Waals surface area contributed by atoms with Crippen molar-refractivity contribution < 1.29 is 22.8 Å². The van der Waals surface area contributed by atoms with E-state index in [1.54, 1.807) is 23.2 Å². The van der Waals surface area contributed by atoms with Gasteiger partial charge in [0.05, 0.1) is 23.1 Å². The molecule has 3 aromatic rings.